The van der Waals surface area contributed by atoms with Crippen molar-refractivity contribution in [3.05, 3.63) is 58.8 Å². The monoisotopic (exact) mass is 354 g/mol. The summed E-state index contributed by atoms with van der Waals surface area (Å²) >= 11 is 0. The summed E-state index contributed by atoms with van der Waals surface area (Å²) in [5.41, 5.74) is 0.915. The lowest BCUT2D eigenvalue weighted by Gasteiger charge is -2.15. The van der Waals surface area contributed by atoms with Gasteiger partial charge in [0.2, 0.25) is 6.29 Å². The van der Waals surface area contributed by atoms with Gasteiger partial charge in [-0.3, -0.25) is 4.79 Å². The number of aliphatic hydroxyl groups excluding tert-OH is 1. The van der Waals surface area contributed by atoms with Gasteiger partial charge in [-0.05, 0) is 36.8 Å². The zero-order valence-corrected chi connectivity index (χ0v) is 13.9. The van der Waals surface area contributed by atoms with E-state index >= 15 is 0 Å². The summed E-state index contributed by atoms with van der Waals surface area (Å²) in [5.74, 6) is 0.572. The van der Waals surface area contributed by atoms with Crippen LogP contribution in [-0.4, -0.2) is 29.2 Å². The predicted molar refractivity (Wildman–Crippen MR) is 95.2 cm³/mol. The number of rotatable bonds is 4. The minimum Gasteiger partial charge on any atom is -0.504 e. The molecule has 0 amide bonds. The molecule has 1 aromatic heterocycles. The van der Waals surface area contributed by atoms with Gasteiger partial charge in [0.15, 0.2) is 16.9 Å². The zero-order chi connectivity index (χ0) is 18.1. The highest BCUT2D eigenvalue weighted by molar-refractivity contribution is 5.78. The maximum absolute atomic E-state index is 12.2. The Balaban J connectivity index is 1.61. The molecule has 26 heavy (non-hydrogen) atoms. The molecule has 1 aliphatic heterocycles. The van der Waals surface area contributed by atoms with Crippen LogP contribution in [-0.2, 0) is 4.74 Å². The number of phenols is 1. The third-order valence-electron chi connectivity index (χ3n) is 4.41. The van der Waals surface area contributed by atoms with Gasteiger partial charge in [-0.1, -0.05) is 12.1 Å². The molecule has 2 N–H and O–H groups in total. The van der Waals surface area contributed by atoms with E-state index in [1.807, 2.05) is 0 Å². The Labute approximate surface area is 149 Å². The average Bonchev–Trinajstić information content (AvgIpc) is 3.11. The van der Waals surface area contributed by atoms with Crippen LogP contribution in [0.25, 0.3) is 22.3 Å². The Morgan fingerprint density at radius 1 is 1.12 bits per heavy atom. The molecule has 0 unspecified atom stereocenters. The van der Waals surface area contributed by atoms with Crippen LogP contribution >= 0.6 is 0 Å². The van der Waals surface area contributed by atoms with E-state index in [4.69, 9.17) is 19.0 Å². The van der Waals surface area contributed by atoms with Gasteiger partial charge >= 0.3 is 0 Å². The predicted octanol–water partition coefficient (Wildman–Crippen LogP) is 3.04. The van der Waals surface area contributed by atoms with Crippen molar-refractivity contribution in [1.29, 1.82) is 0 Å². The number of phenolic OH excluding ortho intramolecular Hbond substituents is 1. The second-order valence-electron chi connectivity index (χ2n) is 6.22. The van der Waals surface area contributed by atoms with E-state index in [0.29, 0.717) is 35.1 Å². The first-order chi connectivity index (χ1) is 12.6. The lowest BCUT2D eigenvalue weighted by atomic mass is 10.1. The van der Waals surface area contributed by atoms with Gasteiger partial charge in [0.1, 0.15) is 11.3 Å². The molecule has 4 rings (SSSR count). The Kier molecular flexibility index (Phi) is 4.36. The molecule has 6 nitrogen and oxygen atoms in total. The fraction of sp³-hybridized carbons (Fsp3) is 0.250. The lowest BCUT2D eigenvalue weighted by Crippen LogP contribution is -2.19. The van der Waals surface area contributed by atoms with Crippen molar-refractivity contribution in [2.75, 3.05) is 6.61 Å². The van der Waals surface area contributed by atoms with Gasteiger partial charge in [0.05, 0.1) is 18.1 Å². The quantitative estimate of drug-likeness (QED) is 0.749. The van der Waals surface area contributed by atoms with Crippen LogP contribution in [0.5, 0.6) is 11.5 Å². The first kappa shape index (κ1) is 16.6. The average molecular weight is 354 g/mol. The molecule has 2 aromatic carbocycles. The van der Waals surface area contributed by atoms with Crippen LogP contribution in [0.4, 0.5) is 0 Å². The maximum atomic E-state index is 12.2. The fourth-order valence-electron chi connectivity index (χ4n) is 3.05. The molecular formula is C20H18O6. The molecule has 0 saturated carbocycles. The minimum atomic E-state index is -0.498. The highest BCUT2D eigenvalue weighted by Gasteiger charge is 2.26. The summed E-state index contributed by atoms with van der Waals surface area (Å²) in [6.07, 6.45) is 0.629. The number of hydrogen-bond acceptors (Lipinski definition) is 6. The van der Waals surface area contributed by atoms with E-state index in [1.165, 1.54) is 12.1 Å². The van der Waals surface area contributed by atoms with Crippen molar-refractivity contribution in [3.63, 3.8) is 0 Å². The smallest absolute Gasteiger partial charge is 0.200 e. The molecule has 0 bridgehead atoms. The molecule has 6 heteroatoms. The number of aromatic hydroxyl groups is 1. The highest BCUT2D eigenvalue weighted by atomic mass is 16.7. The first-order valence-corrected chi connectivity index (χ1v) is 8.43. The summed E-state index contributed by atoms with van der Waals surface area (Å²) in [7, 11) is 0. The minimum absolute atomic E-state index is 0.0498. The van der Waals surface area contributed by atoms with Crippen LogP contribution in [0, 0.1) is 0 Å². The number of fused-ring (bicyclic) bond motifs is 1. The number of ether oxygens (including phenoxy) is 2. The van der Waals surface area contributed by atoms with Gasteiger partial charge < -0.3 is 24.1 Å². The largest absolute Gasteiger partial charge is 0.504 e. The lowest BCUT2D eigenvalue weighted by molar-refractivity contribution is -0.0858. The topological polar surface area (TPSA) is 89.1 Å². The third kappa shape index (κ3) is 3.16. The summed E-state index contributed by atoms with van der Waals surface area (Å²) in [6.45, 7) is -0.0498. The van der Waals surface area contributed by atoms with Crippen molar-refractivity contribution in [3.8, 4) is 22.8 Å². The van der Waals surface area contributed by atoms with Gasteiger partial charge in [0.25, 0.3) is 0 Å². The van der Waals surface area contributed by atoms with E-state index in [9.17, 15) is 9.90 Å². The molecule has 1 fully saturated rings. The van der Waals surface area contributed by atoms with Crippen LogP contribution in [0.1, 0.15) is 12.8 Å². The van der Waals surface area contributed by atoms with Crippen LogP contribution in [0.3, 0.4) is 0 Å². The molecule has 0 aliphatic carbocycles. The molecular weight excluding hydrogens is 336 g/mol. The van der Waals surface area contributed by atoms with Gasteiger partial charge in [0, 0.05) is 18.1 Å². The molecule has 1 saturated heterocycles. The number of para-hydroxylation sites is 1. The standard InChI is InChI=1S/C20H18O6/c21-11-13-6-8-20(24-13)26-18-7-5-12(9-16(18)23)19-10-15(22)14-3-1-2-4-17(14)25-19/h1-5,7,9-10,13,20-21,23H,6,8,11H2/t13-,20-/m0/s1. The molecule has 2 heterocycles. The van der Waals surface area contributed by atoms with E-state index in [-0.39, 0.29) is 29.6 Å². The van der Waals surface area contributed by atoms with E-state index < -0.39 is 6.29 Å². The summed E-state index contributed by atoms with van der Waals surface area (Å²) in [5, 5.41) is 19.9. The maximum Gasteiger partial charge on any atom is 0.200 e. The van der Waals surface area contributed by atoms with Gasteiger partial charge in [-0.25, -0.2) is 0 Å². The second kappa shape index (κ2) is 6.82. The Morgan fingerprint density at radius 2 is 1.96 bits per heavy atom. The number of hydrogen-bond donors (Lipinski definition) is 2. The van der Waals surface area contributed by atoms with Crippen molar-refractivity contribution >= 4 is 11.0 Å². The second-order valence-corrected chi connectivity index (χ2v) is 6.22. The van der Waals surface area contributed by atoms with E-state index in [0.717, 1.165) is 0 Å². The zero-order valence-electron chi connectivity index (χ0n) is 13.9. The van der Waals surface area contributed by atoms with Crippen LogP contribution in [0.2, 0.25) is 0 Å². The summed E-state index contributed by atoms with van der Waals surface area (Å²) < 4.78 is 16.9. The molecule has 1 aliphatic rings. The molecule has 0 radical (unpaired) electrons. The van der Waals surface area contributed by atoms with Crippen molar-refractivity contribution in [2.45, 2.75) is 25.2 Å². The molecule has 2 atom stereocenters. The van der Waals surface area contributed by atoms with Crippen molar-refractivity contribution < 1.29 is 24.1 Å². The SMILES string of the molecule is O=c1cc(-c2ccc(O[C@H]3CC[C@@H](CO)O3)c(O)c2)oc2ccccc12. The normalized spacial score (nSPS) is 19.7. The molecule has 134 valence electrons. The highest BCUT2D eigenvalue weighted by Crippen LogP contribution is 2.34. The Morgan fingerprint density at radius 3 is 2.73 bits per heavy atom. The molecule has 3 aromatic rings. The van der Waals surface area contributed by atoms with Crippen molar-refractivity contribution in [2.24, 2.45) is 0 Å². The number of aliphatic hydroxyl groups is 1. The van der Waals surface area contributed by atoms with Gasteiger partial charge in [-0.15, -0.1) is 0 Å². The fourth-order valence-corrected chi connectivity index (χ4v) is 3.05. The van der Waals surface area contributed by atoms with E-state index in [2.05, 4.69) is 0 Å². The summed E-state index contributed by atoms with van der Waals surface area (Å²) in [6, 6.07) is 13.2. The Bertz CT molecular complexity index is 993. The molecule has 0 spiro atoms. The third-order valence-corrected chi connectivity index (χ3v) is 4.41. The Hall–Kier alpha value is -2.83. The van der Waals surface area contributed by atoms with Crippen LogP contribution in [0.15, 0.2) is 57.7 Å². The first-order valence-electron chi connectivity index (χ1n) is 8.43. The summed E-state index contributed by atoms with van der Waals surface area (Å²) in [4.78, 5) is 12.2. The van der Waals surface area contributed by atoms with Crippen molar-refractivity contribution in [1.82, 2.24) is 0 Å². The van der Waals surface area contributed by atoms with E-state index in [1.54, 1.807) is 36.4 Å². The number of benzene rings is 2. The van der Waals surface area contributed by atoms with Gasteiger partial charge in [-0.2, -0.15) is 0 Å². The van der Waals surface area contributed by atoms with Crippen LogP contribution < -0.4 is 10.2 Å².